The van der Waals surface area contributed by atoms with Gasteiger partial charge in [0.1, 0.15) is 0 Å². The van der Waals surface area contributed by atoms with E-state index in [4.69, 9.17) is 0 Å². The zero-order valence-electron chi connectivity index (χ0n) is 13.3. The molecule has 2 rings (SSSR count). The molecule has 24 heavy (non-hydrogen) atoms. The van der Waals surface area contributed by atoms with Gasteiger partial charge in [0.25, 0.3) is 0 Å². The summed E-state index contributed by atoms with van der Waals surface area (Å²) in [4.78, 5) is 11.8. The summed E-state index contributed by atoms with van der Waals surface area (Å²) in [5.41, 5.74) is 2.24. The van der Waals surface area contributed by atoms with E-state index in [1.54, 1.807) is 12.1 Å². The summed E-state index contributed by atoms with van der Waals surface area (Å²) in [5.74, 6) is -2.88. The molecule has 0 saturated carbocycles. The lowest BCUT2D eigenvalue weighted by Crippen LogP contribution is -2.63. The molecule has 128 valence electrons. The molecule has 1 amide bonds. The lowest BCUT2D eigenvalue weighted by Gasteiger charge is -2.50. The van der Waals surface area contributed by atoms with Gasteiger partial charge in [-0.3, -0.25) is 4.79 Å². The summed E-state index contributed by atoms with van der Waals surface area (Å²) in [7, 11) is 0. The second kappa shape index (κ2) is 8.39. The van der Waals surface area contributed by atoms with Crippen LogP contribution in [-0.2, 0) is 17.3 Å². The van der Waals surface area contributed by atoms with E-state index in [1.165, 1.54) is 12.1 Å². The first kappa shape index (κ1) is 18.6. The van der Waals surface area contributed by atoms with Crippen LogP contribution in [0.5, 0.6) is 0 Å². The molecule has 6 heteroatoms. The summed E-state index contributed by atoms with van der Waals surface area (Å²) in [6, 6.07) is 14.0. The molecule has 0 aliphatic carbocycles. The number of halogens is 1. The first-order valence-corrected chi connectivity index (χ1v) is 8.40. The molecule has 0 radical (unpaired) electrons. The van der Waals surface area contributed by atoms with Crippen LogP contribution < -0.4 is 20.8 Å². The van der Waals surface area contributed by atoms with E-state index in [9.17, 15) is 15.0 Å². The lowest BCUT2D eigenvalue weighted by atomic mass is 10.1. The molecule has 0 saturated heterocycles. The highest BCUT2D eigenvalue weighted by Gasteiger charge is 2.07. The maximum Gasteiger partial charge on any atom is 0.221 e. The van der Waals surface area contributed by atoms with Crippen molar-refractivity contribution in [3.05, 3.63) is 69.7 Å². The molecule has 0 unspecified atom stereocenters. The number of hydrogen-bond donors (Lipinski definition) is 2. The van der Waals surface area contributed by atoms with Gasteiger partial charge in [0.2, 0.25) is 5.91 Å². The maximum atomic E-state index is 12.0. The Kier molecular flexibility index (Phi) is 6.51. The van der Waals surface area contributed by atoms with Crippen LogP contribution in [-0.4, -0.2) is 12.5 Å². The fourth-order valence-corrected chi connectivity index (χ4v) is 2.37. The Morgan fingerprint density at radius 1 is 1.08 bits per heavy atom. The third-order valence-corrected chi connectivity index (χ3v) is 4.07. The Morgan fingerprint density at radius 3 is 2.33 bits per heavy atom. The Bertz CT molecular complexity index is 670. The van der Waals surface area contributed by atoms with E-state index in [1.807, 2.05) is 31.2 Å². The third-order valence-electron chi connectivity index (χ3n) is 3.54. The first-order valence-electron chi connectivity index (χ1n) is 7.61. The van der Waals surface area contributed by atoms with E-state index in [0.717, 1.165) is 15.6 Å². The molecular formula is C18H19BrN2O3-2. The normalized spacial score (nSPS) is 11.3. The molecule has 0 aliphatic heterocycles. The predicted octanol–water partition coefficient (Wildman–Crippen LogP) is 0.885. The highest BCUT2D eigenvalue weighted by molar-refractivity contribution is 9.10. The summed E-state index contributed by atoms with van der Waals surface area (Å²) in [6.07, 6.45) is 0.0641. The molecule has 2 aromatic rings. The third kappa shape index (κ3) is 5.72. The van der Waals surface area contributed by atoms with Crippen LogP contribution in [0, 0.1) is 6.92 Å². The van der Waals surface area contributed by atoms with Crippen LogP contribution in [0.1, 0.15) is 23.1 Å². The smallest absolute Gasteiger partial charge is 0.221 e. The van der Waals surface area contributed by atoms with Crippen molar-refractivity contribution >= 4 is 21.8 Å². The minimum atomic E-state index is -2.67. The van der Waals surface area contributed by atoms with E-state index in [-0.39, 0.29) is 24.4 Å². The molecule has 2 N–H and O–H groups in total. The van der Waals surface area contributed by atoms with E-state index in [2.05, 4.69) is 26.6 Å². The van der Waals surface area contributed by atoms with Crippen LogP contribution in [0.25, 0.3) is 0 Å². The number of amides is 1. The van der Waals surface area contributed by atoms with Crippen molar-refractivity contribution in [2.75, 3.05) is 6.54 Å². The number of aryl methyl sites for hydroxylation is 1. The van der Waals surface area contributed by atoms with Crippen molar-refractivity contribution in [3.8, 4) is 0 Å². The molecule has 0 heterocycles. The highest BCUT2D eigenvalue weighted by atomic mass is 79.9. The molecule has 0 spiro atoms. The minimum absolute atomic E-state index is 0.0167. The van der Waals surface area contributed by atoms with Gasteiger partial charge < -0.3 is 20.8 Å². The average molecular weight is 391 g/mol. The topological polar surface area (TPSA) is 87.2 Å². The number of nitrogens with one attached hydrogen (secondary N) is 2. The second-order valence-corrected chi connectivity index (χ2v) is 6.48. The van der Waals surface area contributed by atoms with E-state index in [0.29, 0.717) is 6.54 Å². The highest BCUT2D eigenvalue weighted by Crippen LogP contribution is 2.14. The van der Waals surface area contributed by atoms with Gasteiger partial charge in [-0.1, -0.05) is 63.5 Å². The molecule has 0 aromatic heterocycles. The SMILES string of the molecule is Cc1ccc(CNC(=O)CCNC([O-])([O-])c2ccc(Br)cc2)cc1. The molecule has 0 atom stereocenters. The Morgan fingerprint density at radius 2 is 1.71 bits per heavy atom. The zero-order valence-corrected chi connectivity index (χ0v) is 14.9. The number of carbonyl (C=O) groups excluding carboxylic acids is 1. The van der Waals surface area contributed by atoms with Crippen molar-refractivity contribution < 1.29 is 15.0 Å². The van der Waals surface area contributed by atoms with Crippen LogP contribution in [0.15, 0.2) is 53.0 Å². The van der Waals surface area contributed by atoms with Crippen molar-refractivity contribution in [3.63, 3.8) is 0 Å². The summed E-state index contributed by atoms with van der Waals surface area (Å²) >= 11 is 3.25. The van der Waals surface area contributed by atoms with Crippen molar-refractivity contribution in [1.82, 2.24) is 10.6 Å². The van der Waals surface area contributed by atoms with Gasteiger partial charge >= 0.3 is 0 Å². The van der Waals surface area contributed by atoms with Crippen LogP contribution in [0.2, 0.25) is 0 Å². The molecular weight excluding hydrogens is 372 g/mol. The van der Waals surface area contributed by atoms with Gasteiger partial charge in [0, 0.05) is 24.0 Å². The number of carbonyl (C=O) groups is 1. The Labute approximate surface area is 149 Å². The molecule has 5 nitrogen and oxygen atoms in total. The van der Waals surface area contributed by atoms with Crippen LogP contribution in [0.3, 0.4) is 0 Å². The molecule has 0 bridgehead atoms. The quantitative estimate of drug-likeness (QED) is 0.687. The maximum absolute atomic E-state index is 12.0. The fraction of sp³-hybridized carbons (Fsp3) is 0.278. The minimum Gasteiger partial charge on any atom is -0.848 e. The Hall–Kier alpha value is -1.73. The van der Waals surface area contributed by atoms with Gasteiger partial charge in [0.05, 0.1) is 0 Å². The molecule has 0 aliphatic rings. The fourth-order valence-electron chi connectivity index (χ4n) is 2.11. The van der Waals surface area contributed by atoms with E-state index >= 15 is 0 Å². The number of hydrogen-bond acceptors (Lipinski definition) is 4. The van der Waals surface area contributed by atoms with E-state index < -0.39 is 5.91 Å². The van der Waals surface area contributed by atoms with Gasteiger partial charge in [-0.05, 0) is 24.6 Å². The summed E-state index contributed by atoms with van der Waals surface area (Å²) in [5, 5.41) is 29.1. The largest absolute Gasteiger partial charge is 0.848 e. The monoisotopic (exact) mass is 390 g/mol. The van der Waals surface area contributed by atoms with Crippen molar-refractivity contribution in [2.24, 2.45) is 0 Å². The van der Waals surface area contributed by atoms with Crippen LogP contribution in [0.4, 0.5) is 0 Å². The van der Waals surface area contributed by atoms with Crippen molar-refractivity contribution in [2.45, 2.75) is 25.8 Å². The van der Waals surface area contributed by atoms with Gasteiger partial charge in [-0.15, -0.1) is 5.91 Å². The van der Waals surface area contributed by atoms with Crippen LogP contribution >= 0.6 is 15.9 Å². The standard InChI is InChI=1S/C18H19BrN2O3/c1-13-2-4-14(5-3-13)12-20-17(22)10-11-21-18(23,24)15-6-8-16(19)9-7-15/h2-9,21H,10-12H2,1H3,(H,20,22)/q-2. The van der Waals surface area contributed by atoms with Crippen molar-refractivity contribution in [1.29, 1.82) is 0 Å². The van der Waals surface area contributed by atoms with Gasteiger partial charge in [0.15, 0.2) is 0 Å². The molecule has 0 fully saturated rings. The molecule has 2 aromatic carbocycles. The first-order chi connectivity index (χ1) is 11.4. The number of rotatable bonds is 7. The second-order valence-electron chi connectivity index (χ2n) is 5.56. The van der Waals surface area contributed by atoms with Gasteiger partial charge in [-0.2, -0.15) is 0 Å². The summed E-state index contributed by atoms with van der Waals surface area (Å²) in [6.45, 7) is 2.44. The zero-order chi connectivity index (χ0) is 17.6. The summed E-state index contributed by atoms with van der Waals surface area (Å²) < 4.78 is 0.789. The lowest BCUT2D eigenvalue weighted by molar-refractivity contribution is -0.744. The average Bonchev–Trinajstić information content (AvgIpc) is 2.54. The number of benzene rings is 2. The predicted molar refractivity (Wildman–Crippen MR) is 91.5 cm³/mol. The van der Waals surface area contributed by atoms with Gasteiger partial charge in [-0.25, -0.2) is 0 Å². The Balaban J connectivity index is 1.75.